The lowest BCUT2D eigenvalue weighted by atomic mass is 10.2. The Morgan fingerprint density at radius 1 is 1.44 bits per heavy atom. The van der Waals surface area contributed by atoms with Gasteiger partial charge >= 0.3 is 0 Å². The zero-order valence-corrected chi connectivity index (χ0v) is 11.2. The summed E-state index contributed by atoms with van der Waals surface area (Å²) >= 11 is 3.19. The van der Waals surface area contributed by atoms with Crippen molar-refractivity contribution < 1.29 is 4.39 Å². The Balaban J connectivity index is 2.19. The fraction of sp³-hybridized carbons (Fsp3) is 0.167. The van der Waals surface area contributed by atoms with Crippen molar-refractivity contribution in [2.45, 2.75) is 6.54 Å². The second kappa shape index (κ2) is 5.30. The van der Waals surface area contributed by atoms with E-state index >= 15 is 0 Å². The van der Waals surface area contributed by atoms with Gasteiger partial charge in [0, 0.05) is 19.2 Å². The predicted octanol–water partition coefficient (Wildman–Crippen LogP) is 2.29. The van der Waals surface area contributed by atoms with Crippen molar-refractivity contribution in [3.8, 4) is 0 Å². The minimum absolute atomic E-state index is 0.242. The van der Waals surface area contributed by atoms with Crippen LogP contribution in [0.1, 0.15) is 5.56 Å². The summed E-state index contributed by atoms with van der Waals surface area (Å²) in [5.74, 6) is -0.280. The molecule has 0 fully saturated rings. The Bertz CT molecular complexity index is 627. The highest BCUT2D eigenvalue weighted by molar-refractivity contribution is 9.10. The molecule has 0 bridgehead atoms. The molecule has 0 saturated heterocycles. The van der Waals surface area contributed by atoms with E-state index in [-0.39, 0.29) is 11.4 Å². The van der Waals surface area contributed by atoms with Gasteiger partial charge in [-0.15, -0.1) is 0 Å². The Labute approximate surface area is 112 Å². The Hall–Kier alpha value is -1.69. The molecular formula is C12H11BrFN3O. The minimum atomic E-state index is -0.280. The highest BCUT2D eigenvalue weighted by atomic mass is 79.9. The van der Waals surface area contributed by atoms with Crippen LogP contribution in [0.2, 0.25) is 0 Å². The number of nitrogens with zero attached hydrogens (tertiary/aromatic N) is 2. The van der Waals surface area contributed by atoms with Crippen LogP contribution in [0.15, 0.2) is 39.7 Å². The normalized spacial score (nSPS) is 10.4. The predicted molar refractivity (Wildman–Crippen MR) is 70.9 cm³/mol. The van der Waals surface area contributed by atoms with Crippen LogP contribution in [0.3, 0.4) is 0 Å². The SMILES string of the molecule is Cn1ncc(NCc2ccccc2F)c(Br)c1=O. The van der Waals surface area contributed by atoms with Crippen molar-refractivity contribution in [2.75, 3.05) is 5.32 Å². The van der Waals surface area contributed by atoms with Crippen molar-refractivity contribution >= 4 is 21.6 Å². The van der Waals surface area contributed by atoms with Crippen molar-refractivity contribution in [2.24, 2.45) is 7.05 Å². The number of aryl methyl sites for hydroxylation is 1. The van der Waals surface area contributed by atoms with Gasteiger partial charge in [-0.1, -0.05) is 18.2 Å². The summed E-state index contributed by atoms with van der Waals surface area (Å²) in [4.78, 5) is 11.6. The molecule has 0 radical (unpaired) electrons. The van der Waals surface area contributed by atoms with E-state index in [1.807, 2.05) is 0 Å². The van der Waals surface area contributed by atoms with E-state index in [4.69, 9.17) is 0 Å². The van der Waals surface area contributed by atoms with Gasteiger partial charge in [-0.3, -0.25) is 4.79 Å². The third-order valence-electron chi connectivity index (χ3n) is 2.51. The van der Waals surface area contributed by atoms with E-state index in [0.29, 0.717) is 22.3 Å². The molecule has 18 heavy (non-hydrogen) atoms. The number of anilines is 1. The topological polar surface area (TPSA) is 46.9 Å². The maximum Gasteiger partial charge on any atom is 0.282 e. The van der Waals surface area contributed by atoms with Gasteiger partial charge in [-0.2, -0.15) is 5.10 Å². The Morgan fingerprint density at radius 2 is 2.17 bits per heavy atom. The van der Waals surface area contributed by atoms with Crippen LogP contribution in [0.25, 0.3) is 0 Å². The molecule has 1 N–H and O–H groups in total. The average Bonchev–Trinajstić information content (AvgIpc) is 2.37. The van der Waals surface area contributed by atoms with Gasteiger partial charge in [0.2, 0.25) is 0 Å². The van der Waals surface area contributed by atoms with Gasteiger partial charge in [0.25, 0.3) is 5.56 Å². The third kappa shape index (κ3) is 2.59. The number of hydrogen-bond donors (Lipinski definition) is 1. The van der Waals surface area contributed by atoms with Gasteiger partial charge in [0.1, 0.15) is 10.3 Å². The van der Waals surface area contributed by atoms with Crippen LogP contribution in [0.4, 0.5) is 10.1 Å². The molecule has 0 amide bonds. The molecule has 0 unspecified atom stereocenters. The monoisotopic (exact) mass is 311 g/mol. The Kier molecular flexibility index (Phi) is 3.76. The summed E-state index contributed by atoms with van der Waals surface area (Å²) in [6, 6.07) is 6.48. The fourth-order valence-corrected chi connectivity index (χ4v) is 1.97. The molecule has 6 heteroatoms. The molecule has 0 spiro atoms. The fourth-order valence-electron chi connectivity index (χ4n) is 1.47. The maximum atomic E-state index is 13.4. The first kappa shape index (κ1) is 12.8. The van der Waals surface area contributed by atoms with Crippen LogP contribution in [-0.4, -0.2) is 9.78 Å². The second-order valence-corrected chi connectivity index (χ2v) is 4.54. The maximum absolute atomic E-state index is 13.4. The van der Waals surface area contributed by atoms with Crippen LogP contribution >= 0.6 is 15.9 Å². The number of benzene rings is 1. The lowest BCUT2D eigenvalue weighted by Gasteiger charge is -2.09. The quantitative estimate of drug-likeness (QED) is 0.946. The highest BCUT2D eigenvalue weighted by Crippen LogP contribution is 2.17. The molecule has 0 atom stereocenters. The van der Waals surface area contributed by atoms with Gasteiger partial charge in [-0.05, 0) is 22.0 Å². The van der Waals surface area contributed by atoms with Crippen LogP contribution in [0, 0.1) is 5.82 Å². The smallest absolute Gasteiger partial charge is 0.282 e. The lowest BCUT2D eigenvalue weighted by molar-refractivity contribution is 0.613. The number of halogens is 2. The summed E-state index contributed by atoms with van der Waals surface area (Å²) in [5.41, 5.74) is 0.833. The van der Waals surface area contributed by atoms with E-state index in [0.717, 1.165) is 0 Å². The summed E-state index contributed by atoms with van der Waals surface area (Å²) in [5, 5.41) is 6.87. The number of rotatable bonds is 3. The van der Waals surface area contributed by atoms with Gasteiger partial charge in [-0.25, -0.2) is 9.07 Å². The number of hydrogen-bond acceptors (Lipinski definition) is 3. The first-order valence-electron chi connectivity index (χ1n) is 5.28. The van der Waals surface area contributed by atoms with Crippen LogP contribution < -0.4 is 10.9 Å². The van der Waals surface area contributed by atoms with E-state index in [2.05, 4.69) is 26.3 Å². The largest absolute Gasteiger partial charge is 0.378 e. The van der Waals surface area contributed by atoms with Crippen molar-refractivity contribution in [3.63, 3.8) is 0 Å². The summed E-state index contributed by atoms with van der Waals surface area (Å²) in [6.07, 6.45) is 1.52. The molecule has 4 nitrogen and oxygen atoms in total. The van der Waals surface area contributed by atoms with Gasteiger partial charge < -0.3 is 5.32 Å². The van der Waals surface area contributed by atoms with Crippen molar-refractivity contribution in [1.82, 2.24) is 9.78 Å². The highest BCUT2D eigenvalue weighted by Gasteiger charge is 2.07. The Morgan fingerprint density at radius 3 is 2.89 bits per heavy atom. The van der Waals surface area contributed by atoms with E-state index in [1.54, 1.807) is 25.2 Å². The summed E-state index contributed by atoms with van der Waals surface area (Å²) in [6.45, 7) is 0.292. The number of nitrogens with one attached hydrogen (secondary N) is 1. The molecule has 1 aromatic heterocycles. The molecule has 0 aliphatic rings. The van der Waals surface area contributed by atoms with E-state index in [1.165, 1.54) is 16.9 Å². The molecule has 2 rings (SSSR count). The lowest BCUT2D eigenvalue weighted by Crippen LogP contribution is -2.21. The molecule has 94 valence electrons. The zero-order chi connectivity index (χ0) is 13.1. The van der Waals surface area contributed by atoms with Gasteiger partial charge in [0.15, 0.2) is 0 Å². The molecular weight excluding hydrogens is 301 g/mol. The van der Waals surface area contributed by atoms with Crippen LogP contribution in [-0.2, 0) is 13.6 Å². The third-order valence-corrected chi connectivity index (χ3v) is 3.27. The minimum Gasteiger partial charge on any atom is -0.378 e. The van der Waals surface area contributed by atoms with Crippen molar-refractivity contribution in [1.29, 1.82) is 0 Å². The van der Waals surface area contributed by atoms with Crippen LogP contribution in [0.5, 0.6) is 0 Å². The standard InChI is InChI=1S/C12H11BrFN3O/c1-17-12(18)11(13)10(7-16-17)15-6-8-4-2-3-5-9(8)14/h2-5,7,15H,6H2,1H3. The molecule has 1 heterocycles. The summed E-state index contributed by atoms with van der Waals surface area (Å²) in [7, 11) is 1.56. The first-order valence-corrected chi connectivity index (χ1v) is 6.08. The van der Waals surface area contributed by atoms with Crippen molar-refractivity contribution in [3.05, 3.63) is 56.7 Å². The molecule has 0 aliphatic heterocycles. The zero-order valence-electron chi connectivity index (χ0n) is 9.65. The molecule has 0 saturated carbocycles. The number of aromatic nitrogens is 2. The van der Waals surface area contributed by atoms with E-state index in [9.17, 15) is 9.18 Å². The van der Waals surface area contributed by atoms with E-state index < -0.39 is 0 Å². The van der Waals surface area contributed by atoms with Gasteiger partial charge in [0.05, 0.1) is 11.9 Å². The second-order valence-electron chi connectivity index (χ2n) is 3.75. The summed E-state index contributed by atoms with van der Waals surface area (Å²) < 4.78 is 15.0. The first-order chi connectivity index (χ1) is 8.59. The molecule has 2 aromatic rings. The molecule has 0 aliphatic carbocycles. The molecule has 1 aromatic carbocycles. The average molecular weight is 312 g/mol.